The van der Waals surface area contributed by atoms with Crippen molar-refractivity contribution in [2.24, 2.45) is 5.92 Å². The number of rotatable bonds is 5. The van der Waals surface area contributed by atoms with Gasteiger partial charge in [0.2, 0.25) is 0 Å². The standard InChI is InChI=1S/C22H27N3S.ClH/c1-16(13-19-7-8-20-21(15-19)26-22(23)24-20)25-11-9-18(10-12-25)14-17-5-3-2-4-6-17;/h2-8,15-16,18H,9-14H2,1H3,(H2,23,24);1H/t16-;/m1./s1. The zero-order valence-electron chi connectivity index (χ0n) is 15.8. The van der Waals surface area contributed by atoms with Gasteiger partial charge in [0, 0.05) is 6.04 Å². The van der Waals surface area contributed by atoms with Gasteiger partial charge >= 0.3 is 0 Å². The van der Waals surface area contributed by atoms with E-state index in [9.17, 15) is 0 Å². The number of fused-ring (bicyclic) bond motifs is 1. The summed E-state index contributed by atoms with van der Waals surface area (Å²) in [5.41, 5.74) is 9.72. The van der Waals surface area contributed by atoms with Gasteiger partial charge in [0.05, 0.1) is 10.2 Å². The summed E-state index contributed by atoms with van der Waals surface area (Å²) < 4.78 is 1.20. The number of benzene rings is 2. The molecule has 2 heterocycles. The number of anilines is 1. The van der Waals surface area contributed by atoms with Gasteiger partial charge in [0.25, 0.3) is 0 Å². The lowest BCUT2D eigenvalue weighted by Gasteiger charge is -2.36. The highest BCUT2D eigenvalue weighted by Crippen LogP contribution is 2.27. The molecule has 5 heteroatoms. The molecule has 144 valence electrons. The first-order chi connectivity index (χ1) is 12.7. The van der Waals surface area contributed by atoms with Crippen molar-refractivity contribution in [2.45, 2.75) is 38.6 Å². The van der Waals surface area contributed by atoms with E-state index >= 15 is 0 Å². The Kier molecular flexibility index (Phi) is 6.74. The second kappa shape index (κ2) is 9.05. The maximum absolute atomic E-state index is 5.83. The molecule has 4 rings (SSSR count). The molecule has 0 aliphatic carbocycles. The Morgan fingerprint density at radius 3 is 2.59 bits per heavy atom. The summed E-state index contributed by atoms with van der Waals surface area (Å²) in [6.07, 6.45) is 4.94. The Morgan fingerprint density at radius 2 is 1.85 bits per heavy atom. The highest BCUT2D eigenvalue weighted by molar-refractivity contribution is 7.22. The predicted molar refractivity (Wildman–Crippen MR) is 119 cm³/mol. The van der Waals surface area contributed by atoms with Crippen LogP contribution in [-0.2, 0) is 12.8 Å². The highest BCUT2D eigenvalue weighted by Gasteiger charge is 2.23. The van der Waals surface area contributed by atoms with Gasteiger partial charge in [-0.3, -0.25) is 0 Å². The van der Waals surface area contributed by atoms with E-state index in [0.717, 1.165) is 17.9 Å². The van der Waals surface area contributed by atoms with Crippen LogP contribution in [0.1, 0.15) is 30.9 Å². The van der Waals surface area contributed by atoms with Crippen molar-refractivity contribution < 1.29 is 0 Å². The molecular weight excluding hydrogens is 374 g/mol. The summed E-state index contributed by atoms with van der Waals surface area (Å²) in [6, 6.07) is 18.1. The first-order valence-corrected chi connectivity index (χ1v) is 10.4. The molecule has 27 heavy (non-hydrogen) atoms. The van der Waals surface area contributed by atoms with Crippen molar-refractivity contribution in [3.8, 4) is 0 Å². The Labute approximate surface area is 172 Å². The van der Waals surface area contributed by atoms with Gasteiger partial charge in [0.1, 0.15) is 0 Å². The van der Waals surface area contributed by atoms with E-state index in [0.29, 0.717) is 11.2 Å². The summed E-state index contributed by atoms with van der Waals surface area (Å²) >= 11 is 1.58. The summed E-state index contributed by atoms with van der Waals surface area (Å²) in [5, 5.41) is 0.658. The summed E-state index contributed by atoms with van der Waals surface area (Å²) in [4.78, 5) is 7.01. The summed E-state index contributed by atoms with van der Waals surface area (Å²) in [7, 11) is 0. The van der Waals surface area contributed by atoms with Gasteiger partial charge in [0.15, 0.2) is 5.13 Å². The molecule has 0 spiro atoms. The Bertz CT molecular complexity index is 856. The maximum atomic E-state index is 5.83. The number of hydrogen-bond donors (Lipinski definition) is 1. The van der Waals surface area contributed by atoms with Crippen molar-refractivity contribution in [3.63, 3.8) is 0 Å². The number of nitrogen functional groups attached to an aromatic ring is 1. The third kappa shape index (κ3) is 5.01. The van der Waals surface area contributed by atoms with Gasteiger partial charge in [-0.1, -0.05) is 47.7 Å². The van der Waals surface area contributed by atoms with Crippen LogP contribution in [0, 0.1) is 5.92 Å². The summed E-state index contributed by atoms with van der Waals surface area (Å²) in [6.45, 7) is 4.80. The number of hydrogen-bond acceptors (Lipinski definition) is 4. The van der Waals surface area contributed by atoms with Gasteiger partial charge in [-0.15, -0.1) is 12.4 Å². The van der Waals surface area contributed by atoms with Crippen LogP contribution in [0.3, 0.4) is 0 Å². The number of nitrogens with two attached hydrogens (primary N) is 1. The minimum absolute atomic E-state index is 0. The minimum Gasteiger partial charge on any atom is -0.375 e. The highest BCUT2D eigenvalue weighted by atomic mass is 35.5. The molecule has 3 nitrogen and oxygen atoms in total. The smallest absolute Gasteiger partial charge is 0.181 e. The molecule has 1 aliphatic rings. The average molecular weight is 402 g/mol. The van der Waals surface area contributed by atoms with Crippen LogP contribution in [0.15, 0.2) is 48.5 Å². The Morgan fingerprint density at radius 1 is 1.11 bits per heavy atom. The van der Waals surface area contributed by atoms with Gasteiger partial charge in [-0.2, -0.15) is 0 Å². The Hall–Kier alpha value is -1.62. The van der Waals surface area contributed by atoms with Crippen LogP contribution >= 0.6 is 23.7 Å². The predicted octanol–water partition coefficient (Wildman–Crippen LogP) is 5.19. The van der Waals surface area contributed by atoms with Crippen LogP contribution in [0.4, 0.5) is 5.13 Å². The molecule has 3 aromatic rings. The molecular formula is C22H28ClN3S. The van der Waals surface area contributed by atoms with E-state index in [2.05, 4.69) is 65.3 Å². The number of nitrogens with zero attached hydrogens (tertiary/aromatic N) is 2. The fourth-order valence-corrected chi connectivity index (χ4v) is 4.93. The number of aromatic nitrogens is 1. The molecule has 1 aromatic heterocycles. The lowest BCUT2D eigenvalue weighted by molar-refractivity contribution is 0.140. The average Bonchev–Trinajstić information content (AvgIpc) is 3.02. The van der Waals surface area contributed by atoms with Crippen molar-refractivity contribution in [1.82, 2.24) is 9.88 Å². The van der Waals surface area contributed by atoms with Crippen molar-refractivity contribution in [2.75, 3.05) is 18.8 Å². The lowest BCUT2D eigenvalue weighted by Crippen LogP contribution is -2.41. The van der Waals surface area contributed by atoms with Crippen LogP contribution in [0.25, 0.3) is 10.2 Å². The minimum atomic E-state index is 0. The normalized spacial score (nSPS) is 16.9. The number of likely N-dealkylation sites (tertiary alicyclic amines) is 1. The second-order valence-corrected chi connectivity index (χ2v) is 8.64. The maximum Gasteiger partial charge on any atom is 0.181 e. The van der Waals surface area contributed by atoms with Gasteiger partial charge < -0.3 is 10.6 Å². The largest absolute Gasteiger partial charge is 0.375 e. The van der Waals surface area contributed by atoms with Crippen LogP contribution in [0.2, 0.25) is 0 Å². The molecule has 0 unspecified atom stereocenters. The zero-order valence-corrected chi connectivity index (χ0v) is 17.4. The zero-order chi connectivity index (χ0) is 17.9. The van der Waals surface area contributed by atoms with Crippen LogP contribution in [-0.4, -0.2) is 29.0 Å². The molecule has 1 saturated heterocycles. The van der Waals surface area contributed by atoms with Gasteiger partial charge in [-0.05, 0) is 74.9 Å². The topological polar surface area (TPSA) is 42.1 Å². The quantitative estimate of drug-likeness (QED) is 0.639. The fraction of sp³-hybridized carbons (Fsp3) is 0.409. The number of halogens is 1. The molecule has 1 fully saturated rings. The number of piperidine rings is 1. The molecule has 2 aromatic carbocycles. The molecule has 2 N–H and O–H groups in total. The van der Waals surface area contributed by atoms with Crippen molar-refractivity contribution in [3.05, 3.63) is 59.7 Å². The van der Waals surface area contributed by atoms with Crippen LogP contribution < -0.4 is 5.73 Å². The van der Waals surface area contributed by atoms with E-state index in [1.807, 2.05) is 0 Å². The molecule has 0 bridgehead atoms. The molecule has 0 saturated carbocycles. The molecule has 0 radical (unpaired) electrons. The van der Waals surface area contributed by atoms with Crippen molar-refractivity contribution in [1.29, 1.82) is 0 Å². The molecule has 1 aliphatic heterocycles. The Balaban J connectivity index is 0.00000210. The monoisotopic (exact) mass is 401 g/mol. The first kappa shape index (κ1) is 20.1. The second-order valence-electron chi connectivity index (χ2n) is 7.58. The van der Waals surface area contributed by atoms with E-state index in [4.69, 9.17) is 5.73 Å². The number of thiazole rings is 1. The fourth-order valence-electron chi connectivity index (χ4n) is 4.13. The third-order valence-corrected chi connectivity index (χ3v) is 6.49. The van der Waals surface area contributed by atoms with E-state index in [1.54, 1.807) is 11.3 Å². The van der Waals surface area contributed by atoms with Crippen molar-refractivity contribution >= 4 is 39.1 Å². The third-order valence-electron chi connectivity index (χ3n) is 5.64. The van der Waals surface area contributed by atoms with E-state index in [-0.39, 0.29) is 12.4 Å². The first-order valence-electron chi connectivity index (χ1n) is 9.60. The van der Waals surface area contributed by atoms with E-state index < -0.39 is 0 Å². The van der Waals surface area contributed by atoms with Crippen LogP contribution in [0.5, 0.6) is 0 Å². The van der Waals surface area contributed by atoms with E-state index in [1.165, 1.54) is 48.2 Å². The summed E-state index contributed by atoms with van der Waals surface area (Å²) in [5.74, 6) is 0.831. The SMILES string of the molecule is C[C@H](Cc1ccc2nc(N)sc2c1)N1CCC(Cc2ccccc2)CC1.Cl. The lowest BCUT2D eigenvalue weighted by atomic mass is 9.89. The molecule has 0 amide bonds. The van der Waals surface area contributed by atoms with Gasteiger partial charge in [-0.25, -0.2) is 4.98 Å². The molecule has 1 atom stereocenters.